The van der Waals surface area contributed by atoms with Crippen LogP contribution in [0.4, 0.5) is 4.79 Å². The van der Waals surface area contributed by atoms with Crippen molar-refractivity contribution >= 4 is 50.4 Å². The zero-order chi connectivity index (χ0) is 47.0. The third-order valence-corrected chi connectivity index (χ3v) is 15.0. The number of fused-ring (bicyclic) bond motifs is 5. The lowest BCUT2D eigenvalue weighted by Gasteiger charge is -2.30. The maximum atomic E-state index is 14.9. The van der Waals surface area contributed by atoms with Crippen LogP contribution in [0.25, 0.3) is 27.8 Å². The zero-order valence-electron chi connectivity index (χ0n) is 38.6. The molecule has 18 heteroatoms. The molecule has 2 aliphatic heterocycles. The predicted octanol–water partition coefficient (Wildman–Crippen LogP) is 6.51. The van der Waals surface area contributed by atoms with Gasteiger partial charge in [-0.1, -0.05) is 25.0 Å². The number of ether oxygens (including phenoxy) is 4. The van der Waals surface area contributed by atoms with Crippen molar-refractivity contribution in [2.24, 2.45) is 5.92 Å². The summed E-state index contributed by atoms with van der Waals surface area (Å²) in [7, 11) is -3.93. The van der Waals surface area contributed by atoms with E-state index in [9.17, 15) is 27.6 Å². The third-order valence-electron chi connectivity index (χ3n) is 13.2. The van der Waals surface area contributed by atoms with Crippen LogP contribution in [0.5, 0.6) is 17.4 Å². The van der Waals surface area contributed by atoms with Crippen LogP contribution in [0.2, 0.25) is 0 Å². The molecule has 2 aromatic heterocycles. The number of carbonyl (C=O) groups excluding carboxylic acids is 4. The van der Waals surface area contributed by atoms with Gasteiger partial charge in [-0.25, -0.2) is 18.2 Å². The summed E-state index contributed by atoms with van der Waals surface area (Å²) >= 11 is 0. The lowest BCUT2D eigenvalue weighted by molar-refractivity contribution is -0.141. The SMILES string of the molecule is CC(C)Oc1ccc(-c2cc(O[C@@H]3C[C@H]4C(=O)N[C@]5(C(=O)NS(=O)(=O)C6CC6)C[C@H]5C=CCCCCC[C@H](NC(=O)OC5CCCC5)C(=O)N4C3)n3nc4cc(OC(C)C)ccc4c3n2)cc1. The minimum Gasteiger partial charge on any atom is -0.491 e. The van der Waals surface area contributed by atoms with E-state index >= 15 is 0 Å². The number of nitrogens with zero attached hydrogens (tertiary/aromatic N) is 4. The lowest BCUT2D eigenvalue weighted by Crippen LogP contribution is -2.58. The molecule has 17 nitrogen and oxygen atoms in total. The number of sulfonamides is 1. The van der Waals surface area contributed by atoms with Gasteiger partial charge in [-0.2, -0.15) is 9.61 Å². The molecule has 2 aromatic carbocycles. The second kappa shape index (κ2) is 19.0. The van der Waals surface area contributed by atoms with Crippen LogP contribution < -0.4 is 29.6 Å². The van der Waals surface area contributed by atoms with Crippen LogP contribution in [0.3, 0.4) is 0 Å². The summed E-state index contributed by atoms with van der Waals surface area (Å²) in [6.07, 6.45) is 9.76. The first kappa shape index (κ1) is 46.2. The van der Waals surface area contributed by atoms with Crippen molar-refractivity contribution in [1.29, 1.82) is 0 Å². The highest BCUT2D eigenvalue weighted by Crippen LogP contribution is 2.46. The summed E-state index contributed by atoms with van der Waals surface area (Å²) < 4.78 is 54.4. The third kappa shape index (κ3) is 10.3. The number of rotatable bonds is 12. The standard InChI is InChI=1S/C49H61N7O10S/c1-29(2)63-34-18-16-31(17-19-34)40-26-43(56-44(50-40)38-23-20-35(64-30(3)4)24-41(38)53-56)65-36-25-42-45(57)52-49(47(59)54-67(61,62)37-21-22-37)27-32(49)12-8-6-5-7-9-15-39(46(58)55(42)28-36)51-48(60)66-33-13-10-11-14-33/h8,12,16-20,23-24,26,29-30,32-33,36-37,39,42H,5-7,9-11,13-15,21-22,25,27-28H2,1-4H3,(H,51,60)(H,52,57)(H,54,59)/t32-,36-,39+,42+,49-/m1/s1. The zero-order valence-corrected chi connectivity index (χ0v) is 39.4. The van der Waals surface area contributed by atoms with Crippen LogP contribution in [0.15, 0.2) is 60.7 Å². The Morgan fingerprint density at radius 2 is 1.58 bits per heavy atom. The molecular formula is C49H61N7O10S. The van der Waals surface area contributed by atoms with Gasteiger partial charge in [0.25, 0.3) is 5.91 Å². The molecule has 4 aromatic rings. The highest BCUT2D eigenvalue weighted by Gasteiger charge is 2.62. The van der Waals surface area contributed by atoms with E-state index in [1.807, 2.05) is 82.3 Å². The molecule has 3 aliphatic carbocycles. The van der Waals surface area contributed by atoms with Gasteiger partial charge in [-0.3, -0.25) is 19.1 Å². The van der Waals surface area contributed by atoms with E-state index in [1.165, 1.54) is 4.90 Å². The van der Waals surface area contributed by atoms with Gasteiger partial charge in [0.2, 0.25) is 27.7 Å². The van der Waals surface area contributed by atoms with E-state index < -0.39 is 68.7 Å². The number of hydrogen-bond acceptors (Lipinski definition) is 12. The first-order chi connectivity index (χ1) is 32.2. The van der Waals surface area contributed by atoms with E-state index in [1.54, 1.807) is 10.6 Å². The normalized spacial score (nSPS) is 25.0. The Balaban J connectivity index is 1.07. The fraction of sp³-hybridized carbons (Fsp3) is 0.551. The van der Waals surface area contributed by atoms with Gasteiger partial charge < -0.3 is 34.5 Å². The molecule has 5 atom stereocenters. The van der Waals surface area contributed by atoms with Crippen molar-refractivity contribution in [2.75, 3.05) is 6.54 Å². The molecule has 1 saturated heterocycles. The minimum absolute atomic E-state index is 0.00292. The molecule has 0 radical (unpaired) electrons. The van der Waals surface area contributed by atoms with E-state index in [0.717, 1.165) is 49.5 Å². The van der Waals surface area contributed by atoms with Crippen LogP contribution in [-0.2, 0) is 29.1 Å². The van der Waals surface area contributed by atoms with Gasteiger partial charge in [0.15, 0.2) is 5.65 Å². The molecule has 3 saturated carbocycles. The second-order valence-corrected chi connectivity index (χ2v) is 21.2. The van der Waals surface area contributed by atoms with Crippen molar-refractivity contribution in [2.45, 2.75) is 158 Å². The summed E-state index contributed by atoms with van der Waals surface area (Å²) in [6.45, 7) is 7.75. The molecule has 0 bridgehead atoms. The van der Waals surface area contributed by atoms with Crippen molar-refractivity contribution in [3.63, 3.8) is 0 Å². The monoisotopic (exact) mass is 939 g/mol. The Kier molecular flexibility index (Phi) is 13.1. The number of alkyl carbamates (subject to hydrolysis) is 1. The van der Waals surface area contributed by atoms with Gasteiger partial charge in [0.05, 0.1) is 35.2 Å². The summed E-state index contributed by atoms with van der Waals surface area (Å²) in [5.41, 5.74) is 0.943. The van der Waals surface area contributed by atoms with Crippen molar-refractivity contribution < 1.29 is 46.5 Å². The second-order valence-electron chi connectivity index (χ2n) is 19.3. The minimum atomic E-state index is -3.93. The Morgan fingerprint density at radius 3 is 2.31 bits per heavy atom. The first-order valence-electron chi connectivity index (χ1n) is 23.9. The average molecular weight is 940 g/mol. The highest BCUT2D eigenvalue weighted by molar-refractivity contribution is 7.91. The van der Waals surface area contributed by atoms with Gasteiger partial charge >= 0.3 is 6.09 Å². The number of nitrogens with one attached hydrogen (secondary N) is 3. The van der Waals surface area contributed by atoms with Gasteiger partial charge in [0.1, 0.15) is 41.3 Å². The molecule has 4 fully saturated rings. The van der Waals surface area contributed by atoms with Crippen LogP contribution in [-0.4, -0.2) is 106 Å². The van der Waals surface area contributed by atoms with Crippen LogP contribution in [0.1, 0.15) is 111 Å². The largest absolute Gasteiger partial charge is 0.491 e. The Morgan fingerprint density at radius 1 is 0.866 bits per heavy atom. The molecule has 358 valence electrons. The fourth-order valence-corrected chi connectivity index (χ4v) is 10.9. The quantitative estimate of drug-likeness (QED) is 0.130. The summed E-state index contributed by atoms with van der Waals surface area (Å²) in [5, 5.41) is 10.8. The number of allylic oxidation sites excluding steroid dienone is 1. The molecule has 3 N–H and O–H groups in total. The van der Waals surface area contributed by atoms with Gasteiger partial charge in [0, 0.05) is 35.4 Å². The highest BCUT2D eigenvalue weighted by atomic mass is 32.2. The van der Waals surface area contributed by atoms with E-state index in [0.29, 0.717) is 66.3 Å². The molecule has 9 rings (SSSR count). The number of carbonyl (C=O) groups is 4. The fourth-order valence-electron chi connectivity index (χ4n) is 9.54. The molecule has 4 amide bonds. The number of aromatic nitrogens is 3. The smallest absolute Gasteiger partial charge is 0.408 e. The Labute approximate surface area is 390 Å². The summed E-state index contributed by atoms with van der Waals surface area (Å²) in [4.78, 5) is 63.5. The van der Waals surface area contributed by atoms with Crippen molar-refractivity contribution in [3.8, 4) is 28.6 Å². The molecule has 4 heterocycles. The summed E-state index contributed by atoms with van der Waals surface area (Å²) in [6, 6.07) is 12.8. The number of amides is 4. The van der Waals surface area contributed by atoms with Crippen LogP contribution in [0, 0.1) is 5.92 Å². The van der Waals surface area contributed by atoms with E-state index in [4.69, 9.17) is 29.0 Å². The van der Waals surface area contributed by atoms with Gasteiger partial charge in [-0.05, 0) is 128 Å². The molecule has 0 unspecified atom stereocenters. The Hall–Kier alpha value is -5.91. The molecule has 5 aliphatic rings. The van der Waals surface area contributed by atoms with Crippen LogP contribution >= 0.6 is 0 Å². The summed E-state index contributed by atoms with van der Waals surface area (Å²) in [5.74, 6) is -0.734. The van der Waals surface area contributed by atoms with E-state index in [-0.39, 0.29) is 37.7 Å². The number of benzene rings is 2. The first-order valence-corrected chi connectivity index (χ1v) is 25.5. The van der Waals surface area contributed by atoms with Crippen molar-refractivity contribution in [3.05, 3.63) is 60.7 Å². The lowest BCUT2D eigenvalue weighted by atomic mass is 10.0. The molecule has 0 spiro atoms. The maximum Gasteiger partial charge on any atom is 0.408 e. The average Bonchev–Trinajstić information content (AvgIpc) is 4.09. The topological polar surface area (TPSA) is 209 Å². The maximum absolute atomic E-state index is 14.9. The van der Waals surface area contributed by atoms with E-state index in [2.05, 4.69) is 15.4 Å². The molecule has 67 heavy (non-hydrogen) atoms. The Bertz CT molecular complexity index is 2660. The number of hydrogen-bond donors (Lipinski definition) is 3. The predicted molar refractivity (Wildman–Crippen MR) is 249 cm³/mol. The molecular weight excluding hydrogens is 879 g/mol. The van der Waals surface area contributed by atoms with Crippen molar-refractivity contribution in [1.82, 2.24) is 34.9 Å². The van der Waals surface area contributed by atoms with Gasteiger partial charge in [-0.15, -0.1) is 0 Å².